The summed E-state index contributed by atoms with van der Waals surface area (Å²) in [6, 6.07) is 17.8. The van der Waals surface area contributed by atoms with Crippen molar-refractivity contribution in [2.75, 3.05) is 45.0 Å². The number of aromatic nitrogens is 1. The number of carbonyl (C=O) groups excluding carboxylic acids is 1. The van der Waals surface area contributed by atoms with E-state index in [1.807, 2.05) is 18.2 Å². The molecule has 9 heteroatoms. The first-order valence-corrected chi connectivity index (χ1v) is 14.2. The SMILES string of the molecule is Cc1oc(-c2ccc(Cl)cc2)nc1C[S@@](=O)CC(=O)NCCCN1CCN(Cc2ccccc2)CC1. The predicted molar refractivity (Wildman–Crippen MR) is 144 cm³/mol. The van der Waals surface area contributed by atoms with Crippen molar-refractivity contribution in [3.63, 3.8) is 0 Å². The molecule has 2 heterocycles. The lowest BCUT2D eigenvalue weighted by Crippen LogP contribution is -2.46. The molecule has 4 rings (SSSR count). The molecular weight excluding hydrogens is 496 g/mol. The van der Waals surface area contributed by atoms with Crippen LogP contribution in [0.1, 0.15) is 23.4 Å². The van der Waals surface area contributed by atoms with E-state index in [0.717, 1.165) is 51.3 Å². The predicted octanol–water partition coefficient (Wildman–Crippen LogP) is 3.88. The van der Waals surface area contributed by atoms with Crippen LogP contribution in [0.2, 0.25) is 5.02 Å². The highest BCUT2D eigenvalue weighted by atomic mass is 35.5. The Morgan fingerprint density at radius 2 is 1.75 bits per heavy atom. The van der Waals surface area contributed by atoms with Crippen LogP contribution >= 0.6 is 11.6 Å². The zero-order valence-corrected chi connectivity index (χ0v) is 22.2. The van der Waals surface area contributed by atoms with E-state index < -0.39 is 10.8 Å². The zero-order chi connectivity index (χ0) is 25.3. The summed E-state index contributed by atoms with van der Waals surface area (Å²) in [6.45, 7) is 8.53. The Hall–Kier alpha value is -2.52. The molecule has 7 nitrogen and oxygen atoms in total. The largest absolute Gasteiger partial charge is 0.441 e. The normalized spacial score (nSPS) is 15.6. The summed E-state index contributed by atoms with van der Waals surface area (Å²) in [4.78, 5) is 21.7. The first-order chi connectivity index (χ1) is 17.5. The van der Waals surface area contributed by atoms with Crippen molar-refractivity contribution >= 4 is 28.3 Å². The van der Waals surface area contributed by atoms with Gasteiger partial charge in [0.2, 0.25) is 11.8 Å². The fraction of sp³-hybridized carbons (Fsp3) is 0.407. The van der Waals surface area contributed by atoms with E-state index in [4.69, 9.17) is 16.0 Å². The molecular formula is C27H33ClN4O3S. The monoisotopic (exact) mass is 528 g/mol. The molecule has 0 bridgehead atoms. The van der Waals surface area contributed by atoms with E-state index in [1.54, 1.807) is 19.1 Å². The van der Waals surface area contributed by atoms with Crippen LogP contribution in [-0.4, -0.2) is 69.9 Å². The van der Waals surface area contributed by atoms with Crippen molar-refractivity contribution in [1.29, 1.82) is 0 Å². The Morgan fingerprint density at radius 3 is 2.47 bits per heavy atom. The highest BCUT2D eigenvalue weighted by Gasteiger charge is 2.18. The van der Waals surface area contributed by atoms with Gasteiger partial charge in [-0.15, -0.1) is 0 Å². The number of oxazole rings is 1. The smallest absolute Gasteiger partial charge is 0.232 e. The molecule has 1 fully saturated rings. The third kappa shape index (κ3) is 8.00. The summed E-state index contributed by atoms with van der Waals surface area (Å²) in [6.07, 6.45) is 0.879. The van der Waals surface area contributed by atoms with Gasteiger partial charge < -0.3 is 14.6 Å². The molecule has 36 heavy (non-hydrogen) atoms. The topological polar surface area (TPSA) is 78.7 Å². The third-order valence-electron chi connectivity index (χ3n) is 6.26. The Labute approximate surface area is 220 Å². The summed E-state index contributed by atoms with van der Waals surface area (Å²) >= 11 is 5.93. The molecule has 1 aromatic heterocycles. The summed E-state index contributed by atoms with van der Waals surface area (Å²) in [5.74, 6) is 1.02. The van der Waals surface area contributed by atoms with Gasteiger partial charge in [-0.1, -0.05) is 41.9 Å². The second kappa shape index (κ2) is 13.1. The molecule has 1 atom stereocenters. The molecule has 0 unspecified atom stereocenters. The minimum Gasteiger partial charge on any atom is -0.441 e. The fourth-order valence-electron chi connectivity index (χ4n) is 4.22. The van der Waals surface area contributed by atoms with Crippen molar-refractivity contribution in [3.05, 3.63) is 76.6 Å². The number of aryl methyl sites for hydroxylation is 1. The lowest BCUT2D eigenvalue weighted by Gasteiger charge is -2.34. The van der Waals surface area contributed by atoms with E-state index in [9.17, 15) is 9.00 Å². The highest BCUT2D eigenvalue weighted by molar-refractivity contribution is 7.84. The fourth-order valence-corrected chi connectivity index (χ4v) is 5.42. The van der Waals surface area contributed by atoms with Gasteiger partial charge in [-0.2, -0.15) is 0 Å². The molecule has 1 amide bonds. The van der Waals surface area contributed by atoms with Crippen LogP contribution in [0.5, 0.6) is 0 Å². The standard InChI is InChI=1S/C27H33ClN4O3S/c1-21-25(30-27(35-21)23-8-10-24(28)11-9-23)19-36(34)20-26(33)29-12-5-13-31-14-16-32(17-15-31)18-22-6-3-2-4-7-22/h2-4,6-11H,5,12-20H2,1H3,(H,29,33)/t36-/m1/s1. The number of nitrogens with one attached hydrogen (secondary N) is 1. The van der Waals surface area contributed by atoms with Gasteiger partial charge in [0.1, 0.15) is 11.5 Å². The number of rotatable bonds is 11. The Kier molecular flexibility index (Phi) is 9.69. The molecule has 1 N–H and O–H groups in total. The van der Waals surface area contributed by atoms with Crippen molar-refractivity contribution in [2.45, 2.75) is 25.6 Å². The van der Waals surface area contributed by atoms with Gasteiger partial charge in [0.05, 0.1) is 11.4 Å². The van der Waals surface area contributed by atoms with Gasteiger partial charge in [0, 0.05) is 60.7 Å². The van der Waals surface area contributed by atoms with Gasteiger partial charge >= 0.3 is 0 Å². The van der Waals surface area contributed by atoms with Crippen LogP contribution in [0.15, 0.2) is 59.0 Å². The lowest BCUT2D eigenvalue weighted by molar-refractivity contribution is -0.118. The van der Waals surface area contributed by atoms with Crippen LogP contribution in [0.25, 0.3) is 11.5 Å². The number of benzene rings is 2. The number of nitrogens with zero attached hydrogens (tertiary/aromatic N) is 3. The number of hydrogen-bond acceptors (Lipinski definition) is 6. The molecule has 1 saturated heterocycles. The number of halogens is 1. The average molecular weight is 529 g/mol. The summed E-state index contributed by atoms with van der Waals surface area (Å²) < 4.78 is 18.3. The van der Waals surface area contributed by atoms with Crippen molar-refractivity contribution in [2.24, 2.45) is 0 Å². The quantitative estimate of drug-likeness (QED) is 0.381. The molecule has 0 radical (unpaired) electrons. The van der Waals surface area contributed by atoms with Crippen LogP contribution < -0.4 is 5.32 Å². The van der Waals surface area contributed by atoms with Crippen molar-refractivity contribution < 1.29 is 13.4 Å². The van der Waals surface area contributed by atoms with E-state index in [1.165, 1.54) is 5.56 Å². The second-order valence-electron chi connectivity index (χ2n) is 9.06. The lowest BCUT2D eigenvalue weighted by atomic mass is 10.2. The first-order valence-electron chi connectivity index (χ1n) is 12.3. The van der Waals surface area contributed by atoms with Crippen molar-refractivity contribution in [3.8, 4) is 11.5 Å². The van der Waals surface area contributed by atoms with Crippen LogP contribution in [0.4, 0.5) is 0 Å². The van der Waals surface area contributed by atoms with Gasteiger partial charge in [0.25, 0.3) is 0 Å². The van der Waals surface area contributed by atoms with E-state index in [-0.39, 0.29) is 17.4 Å². The molecule has 2 aromatic carbocycles. The van der Waals surface area contributed by atoms with Gasteiger partial charge in [0.15, 0.2) is 0 Å². The second-order valence-corrected chi connectivity index (χ2v) is 11.0. The Morgan fingerprint density at radius 1 is 1.06 bits per heavy atom. The number of piperazine rings is 1. The number of carbonyl (C=O) groups is 1. The first kappa shape index (κ1) is 26.5. The maximum Gasteiger partial charge on any atom is 0.232 e. The molecule has 1 aliphatic heterocycles. The molecule has 192 valence electrons. The summed E-state index contributed by atoms with van der Waals surface area (Å²) in [5, 5.41) is 3.54. The average Bonchev–Trinajstić information content (AvgIpc) is 3.23. The summed E-state index contributed by atoms with van der Waals surface area (Å²) in [7, 11) is -1.36. The maximum atomic E-state index is 12.5. The molecule has 0 saturated carbocycles. The van der Waals surface area contributed by atoms with Crippen LogP contribution in [0.3, 0.4) is 0 Å². The zero-order valence-electron chi connectivity index (χ0n) is 20.6. The van der Waals surface area contributed by atoms with Crippen LogP contribution in [-0.2, 0) is 27.9 Å². The molecule has 0 aliphatic carbocycles. The highest BCUT2D eigenvalue weighted by Crippen LogP contribution is 2.24. The number of amides is 1. The third-order valence-corrected chi connectivity index (χ3v) is 7.69. The molecule has 3 aromatic rings. The van der Waals surface area contributed by atoms with Crippen molar-refractivity contribution in [1.82, 2.24) is 20.1 Å². The van der Waals surface area contributed by atoms with E-state index in [2.05, 4.69) is 44.4 Å². The Bertz CT molecular complexity index is 1150. The summed E-state index contributed by atoms with van der Waals surface area (Å²) in [5.41, 5.74) is 2.76. The van der Waals surface area contributed by atoms with E-state index >= 15 is 0 Å². The van der Waals surface area contributed by atoms with Gasteiger partial charge in [-0.05, 0) is 49.7 Å². The minimum atomic E-state index is -1.36. The maximum absolute atomic E-state index is 12.5. The minimum absolute atomic E-state index is 0.0409. The van der Waals surface area contributed by atoms with E-state index in [0.29, 0.717) is 28.9 Å². The number of hydrogen-bond donors (Lipinski definition) is 1. The molecule has 0 spiro atoms. The van der Waals surface area contributed by atoms with Gasteiger partial charge in [-0.3, -0.25) is 13.9 Å². The van der Waals surface area contributed by atoms with Crippen LogP contribution in [0, 0.1) is 6.92 Å². The Balaban J connectivity index is 1.11. The van der Waals surface area contributed by atoms with Gasteiger partial charge in [-0.25, -0.2) is 4.98 Å². The molecule has 1 aliphatic rings.